The SMILES string of the molecule is CC(C)NC1CCN(C(=O)Cc2ccc3ccccc3c2)CC1. The van der Waals surface area contributed by atoms with E-state index in [1.165, 1.54) is 10.8 Å². The molecule has 0 saturated carbocycles. The molecule has 1 aliphatic heterocycles. The lowest BCUT2D eigenvalue weighted by Gasteiger charge is -2.33. The summed E-state index contributed by atoms with van der Waals surface area (Å²) < 4.78 is 0. The van der Waals surface area contributed by atoms with Gasteiger partial charge in [0.25, 0.3) is 0 Å². The van der Waals surface area contributed by atoms with Crippen molar-refractivity contribution in [2.24, 2.45) is 0 Å². The Balaban J connectivity index is 1.58. The van der Waals surface area contributed by atoms with E-state index < -0.39 is 0 Å². The third-order valence-corrected chi connectivity index (χ3v) is 4.59. The Kier molecular flexibility index (Phi) is 4.97. The number of amides is 1. The summed E-state index contributed by atoms with van der Waals surface area (Å²) in [6, 6.07) is 15.7. The number of carbonyl (C=O) groups excluding carboxylic acids is 1. The summed E-state index contributed by atoms with van der Waals surface area (Å²) in [5, 5.41) is 6.01. The van der Waals surface area contributed by atoms with Crippen molar-refractivity contribution in [3.05, 3.63) is 48.0 Å². The molecule has 0 spiro atoms. The highest BCUT2D eigenvalue weighted by atomic mass is 16.2. The summed E-state index contributed by atoms with van der Waals surface area (Å²) in [5.41, 5.74) is 1.11. The molecule has 0 aromatic heterocycles. The Labute approximate surface area is 138 Å². The van der Waals surface area contributed by atoms with Crippen LogP contribution in [0.3, 0.4) is 0 Å². The van der Waals surface area contributed by atoms with Crippen molar-refractivity contribution in [3.63, 3.8) is 0 Å². The molecule has 1 fully saturated rings. The van der Waals surface area contributed by atoms with E-state index in [9.17, 15) is 4.79 Å². The zero-order valence-corrected chi connectivity index (χ0v) is 14.1. The molecule has 23 heavy (non-hydrogen) atoms. The van der Waals surface area contributed by atoms with Crippen LogP contribution in [0.2, 0.25) is 0 Å². The molecule has 1 aliphatic rings. The van der Waals surface area contributed by atoms with Crippen molar-refractivity contribution in [1.29, 1.82) is 0 Å². The van der Waals surface area contributed by atoms with E-state index in [0.717, 1.165) is 31.5 Å². The molecule has 3 heteroatoms. The van der Waals surface area contributed by atoms with Crippen molar-refractivity contribution in [1.82, 2.24) is 10.2 Å². The first-order valence-corrected chi connectivity index (χ1v) is 8.63. The second kappa shape index (κ2) is 7.14. The summed E-state index contributed by atoms with van der Waals surface area (Å²) in [5.74, 6) is 0.253. The first-order valence-electron chi connectivity index (χ1n) is 8.63. The molecule has 1 amide bonds. The summed E-state index contributed by atoms with van der Waals surface area (Å²) >= 11 is 0. The second-order valence-corrected chi connectivity index (χ2v) is 6.83. The van der Waals surface area contributed by atoms with Gasteiger partial charge in [0.1, 0.15) is 0 Å². The summed E-state index contributed by atoms with van der Waals surface area (Å²) in [7, 11) is 0. The van der Waals surface area contributed by atoms with Crippen molar-refractivity contribution < 1.29 is 4.79 Å². The molecule has 0 bridgehead atoms. The Hall–Kier alpha value is -1.87. The predicted octanol–water partition coefficient (Wildman–Crippen LogP) is 3.37. The first-order chi connectivity index (χ1) is 11.1. The van der Waals surface area contributed by atoms with Crippen LogP contribution >= 0.6 is 0 Å². The molecular formula is C20H26N2O. The van der Waals surface area contributed by atoms with Crippen LogP contribution in [0.5, 0.6) is 0 Å². The van der Waals surface area contributed by atoms with Crippen LogP contribution in [0.4, 0.5) is 0 Å². The lowest BCUT2D eigenvalue weighted by atomic mass is 10.0. The van der Waals surface area contributed by atoms with Gasteiger partial charge >= 0.3 is 0 Å². The van der Waals surface area contributed by atoms with Gasteiger partial charge in [-0.05, 0) is 29.2 Å². The zero-order valence-electron chi connectivity index (χ0n) is 14.1. The minimum absolute atomic E-state index is 0.253. The van der Waals surface area contributed by atoms with Crippen LogP contribution in [0, 0.1) is 0 Å². The minimum Gasteiger partial charge on any atom is -0.342 e. The lowest BCUT2D eigenvalue weighted by molar-refractivity contribution is -0.131. The van der Waals surface area contributed by atoms with E-state index >= 15 is 0 Å². The molecule has 2 aromatic rings. The van der Waals surface area contributed by atoms with Gasteiger partial charge in [-0.2, -0.15) is 0 Å². The largest absolute Gasteiger partial charge is 0.342 e. The second-order valence-electron chi connectivity index (χ2n) is 6.83. The number of hydrogen-bond donors (Lipinski definition) is 1. The summed E-state index contributed by atoms with van der Waals surface area (Å²) in [6.07, 6.45) is 2.62. The lowest BCUT2D eigenvalue weighted by Crippen LogP contribution is -2.47. The number of nitrogens with zero attached hydrogens (tertiary/aromatic N) is 1. The fraction of sp³-hybridized carbons (Fsp3) is 0.450. The van der Waals surface area contributed by atoms with Crippen LogP contribution in [0.15, 0.2) is 42.5 Å². The standard InChI is InChI=1S/C20H26N2O/c1-15(2)21-19-9-11-22(12-10-19)20(23)14-16-7-8-17-5-3-4-6-18(17)13-16/h3-8,13,15,19,21H,9-12,14H2,1-2H3. The molecule has 0 unspecified atom stereocenters. The number of nitrogens with one attached hydrogen (secondary N) is 1. The van der Waals surface area contributed by atoms with Crippen LogP contribution in [0.1, 0.15) is 32.3 Å². The van der Waals surface area contributed by atoms with E-state index in [1.54, 1.807) is 0 Å². The van der Waals surface area contributed by atoms with Gasteiger partial charge < -0.3 is 10.2 Å². The van der Waals surface area contributed by atoms with E-state index in [0.29, 0.717) is 18.5 Å². The Bertz CT molecular complexity index is 672. The number of likely N-dealkylation sites (tertiary alicyclic amines) is 1. The zero-order chi connectivity index (χ0) is 16.2. The van der Waals surface area contributed by atoms with Gasteiger partial charge in [0.05, 0.1) is 6.42 Å². The number of fused-ring (bicyclic) bond motifs is 1. The predicted molar refractivity (Wildman–Crippen MR) is 95.5 cm³/mol. The Morgan fingerprint density at radius 2 is 1.83 bits per heavy atom. The highest BCUT2D eigenvalue weighted by Gasteiger charge is 2.22. The van der Waals surface area contributed by atoms with E-state index in [-0.39, 0.29) is 5.91 Å². The van der Waals surface area contributed by atoms with Crippen molar-refractivity contribution in [2.45, 2.75) is 45.2 Å². The smallest absolute Gasteiger partial charge is 0.226 e. The Morgan fingerprint density at radius 1 is 1.13 bits per heavy atom. The molecule has 1 saturated heterocycles. The fourth-order valence-corrected chi connectivity index (χ4v) is 3.40. The maximum atomic E-state index is 12.5. The molecular weight excluding hydrogens is 284 g/mol. The molecule has 0 aliphatic carbocycles. The molecule has 122 valence electrons. The van der Waals surface area contributed by atoms with Gasteiger partial charge in [-0.15, -0.1) is 0 Å². The highest BCUT2D eigenvalue weighted by Crippen LogP contribution is 2.18. The van der Waals surface area contributed by atoms with E-state index in [4.69, 9.17) is 0 Å². The molecule has 3 nitrogen and oxygen atoms in total. The number of carbonyl (C=O) groups is 1. The summed E-state index contributed by atoms with van der Waals surface area (Å²) in [6.45, 7) is 6.10. The first kappa shape index (κ1) is 16.0. The van der Waals surface area contributed by atoms with Gasteiger partial charge in [-0.3, -0.25) is 4.79 Å². The number of benzene rings is 2. The molecule has 0 radical (unpaired) electrons. The molecule has 3 rings (SSSR count). The van der Waals surface area contributed by atoms with Gasteiger partial charge in [0, 0.05) is 25.2 Å². The Morgan fingerprint density at radius 3 is 2.52 bits per heavy atom. The molecule has 0 atom stereocenters. The van der Waals surface area contributed by atoms with Crippen molar-refractivity contribution >= 4 is 16.7 Å². The maximum absolute atomic E-state index is 12.5. The molecule has 2 aromatic carbocycles. The van der Waals surface area contributed by atoms with E-state index in [1.807, 2.05) is 17.0 Å². The average Bonchev–Trinajstić information content (AvgIpc) is 2.55. The number of hydrogen-bond acceptors (Lipinski definition) is 2. The van der Waals surface area contributed by atoms with E-state index in [2.05, 4.69) is 49.5 Å². The minimum atomic E-state index is 0.253. The normalized spacial score (nSPS) is 16.2. The highest BCUT2D eigenvalue weighted by molar-refractivity contribution is 5.85. The third-order valence-electron chi connectivity index (χ3n) is 4.59. The van der Waals surface area contributed by atoms with Crippen LogP contribution in [-0.2, 0) is 11.2 Å². The third kappa shape index (κ3) is 4.11. The van der Waals surface area contributed by atoms with Crippen molar-refractivity contribution in [2.75, 3.05) is 13.1 Å². The maximum Gasteiger partial charge on any atom is 0.226 e. The van der Waals surface area contributed by atoms with Crippen LogP contribution < -0.4 is 5.32 Å². The van der Waals surface area contributed by atoms with Gasteiger partial charge in [-0.1, -0.05) is 56.3 Å². The van der Waals surface area contributed by atoms with Crippen LogP contribution in [0.25, 0.3) is 10.8 Å². The fourth-order valence-electron chi connectivity index (χ4n) is 3.40. The number of rotatable bonds is 4. The van der Waals surface area contributed by atoms with Gasteiger partial charge in [0.2, 0.25) is 5.91 Å². The van der Waals surface area contributed by atoms with Gasteiger partial charge in [-0.25, -0.2) is 0 Å². The average molecular weight is 310 g/mol. The molecule has 1 N–H and O–H groups in total. The number of piperidine rings is 1. The topological polar surface area (TPSA) is 32.3 Å². The quantitative estimate of drug-likeness (QED) is 0.939. The molecule has 1 heterocycles. The monoisotopic (exact) mass is 310 g/mol. The van der Waals surface area contributed by atoms with Gasteiger partial charge in [0.15, 0.2) is 0 Å². The summed E-state index contributed by atoms with van der Waals surface area (Å²) in [4.78, 5) is 14.6. The van der Waals surface area contributed by atoms with Crippen LogP contribution in [-0.4, -0.2) is 36.0 Å². The van der Waals surface area contributed by atoms with Crippen molar-refractivity contribution in [3.8, 4) is 0 Å².